The normalized spacial score (nSPS) is 18.7. The zero-order chi connectivity index (χ0) is 49.7. The highest BCUT2D eigenvalue weighted by atomic mass is 16.7. The number of ether oxygens (including phenoxy) is 7. The summed E-state index contributed by atoms with van der Waals surface area (Å²) in [4.78, 5) is 70.4. The number of benzene rings is 7. The number of carbonyl (C=O) groups excluding carboxylic acids is 5. The smallest absolute Gasteiger partial charge is 0.411 e. The van der Waals surface area contributed by atoms with Crippen LogP contribution in [0.2, 0.25) is 0 Å². The molecule has 1 amide bonds. The van der Waals surface area contributed by atoms with Gasteiger partial charge in [0.2, 0.25) is 11.9 Å². The quantitative estimate of drug-likeness (QED) is 0.0691. The van der Waals surface area contributed by atoms with E-state index in [0.717, 1.165) is 11.1 Å². The second-order valence-electron chi connectivity index (χ2n) is 16.5. The highest BCUT2D eigenvalue weighted by molar-refractivity contribution is 5.92. The van der Waals surface area contributed by atoms with Gasteiger partial charge in [0, 0.05) is 11.3 Å². The van der Waals surface area contributed by atoms with Gasteiger partial charge >= 0.3 is 30.0 Å². The van der Waals surface area contributed by atoms with E-state index in [1.54, 1.807) is 121 Å². The Balaban J connectivity index is 1.31. The number of aliphatic hydroxyl groups is 1. The van der Waals surface area contributed by atoms with Gasteiger partial charge < -0.3 is 38.3 Å². The second kappa shape index (κ2) is 22.7. The first-order valence-electron chi connectivity index (χ1n) is 22.7. The Morgan fingerprint density at radius 2 is 1.06 bits per heavy atom. The third kappa shape index (κ3) is 12.0. The Morgan fingerprint density at radius 3 is 1.58 bits per heavy atom. The topological polar surface area (TPSA) is 182 Å². The summed E-state index contributed by atoms with van der Waals surface area (Å²) in [5, 5.41) is 16.5. The van der Waals surface area contributed by atoms with Gasteiger partial charge in [-0.3, -0.25) is 5.32 Å². The van der Waals surface area contributed by atoms with Gasteiger partial charge in [-0.1, -0.05) is 121 Å². The molecular weight excluding hydrogens is 907 g/mol. The molecule has 7 aromatic carbocycles. The summed E-state index contributed by atoms with van der Waals surface area (Å²) < 4.78 is 42.7. The summed E-state index contributed by atoms with van der Waals surface area (Å²) in [6.45, 7) is 1.40. The minimum absolute atomic E-state index is 0.0446. The molecule has 1 fully saturated rings. The predicted molar refractivity (Wildman–Crippen MR) is 260 cm³/mol. The highest BCUT2D eigenvalue weighted by Gasteiger charge is 2.62. The molecule has 360 valence electrons. The summed E-state index contributed by atoms with van der Waals surface area (Å²) in [5.41, 5.74) is 2.23. The molecule has 1 heterocycles. The van der Waals surface area contributed by atoms with E-state index >= 15 is 0 Å². The molecule has 0 saturated carbocycles. The molecule has 71 heavy (non-hydrogen) atoms. The molecule has 0 unspecified atom stereocenters. The number of hydrogen-bond donors (Lipinski definition) is 2. The van der Waals surface area contributed by atoms with Crippen molar-refractivity contribution >= 4 is 35.7 Å². The van der Waals surface area contributed by atoms with Gasteiger partial charge in [0.05, 0.1) is 29.4 Å². The summed E-state index contributed by atoms with van der Waals surface area (Å²) in [6.07, 6.45) is -9.55. The van der Waals surface area contributed by atoms with E-state index in [4.69, 9.17) is 33.2 Å². The highest BCUT2D eigenvalue weighted by Crippen LogP contribution is 2.45. The van der Waals surface area contributed by atoms with Gasteiger partial charge in [0.25, 0.3) is 0 Å². The van der Waals surface area contributed by atoms with E-state index in [1.165, 1.54) is 56.5 Å². The lowest BCUT2D eigenvalue weighted by Gasteiger charge is -2.50. The van der Waals surface area contributed by atoms with E-state index in [2.05, 4.69) is 5.32 Å². The van der Waals surface area contributed by atoms with Crippen LogP contribution in [-0.4, -0.2) is 72.7 Å². The maximum Gasteiger partial charge on any atom is 0.411 e. The molecule has 0 radical (unpaired) electrons. The first kappa shape index (κ1) is 48.9. The van der Waals surface area contributed by atoms with Gasteiger partial charge in [-0.15, -0.1) is 0 Å². The molecule has 1 saturated heterocycles. The van der Waals surface area contributed by atoms with Crippen LogP contribution >= 0.6 is 0 Å². The molecule has 7 aromatic rings. The zero-order valence-corrected chi connectivity index (χ0v) is 38.6. The second-order valence-corrected chi connectivity index (χ2v) is 16.5. The van der Waals surface area contributed by atoms with Gasteiger partial charge in [0.15, 0.2) is 12.2 Å². The van der Waals surface area contributed by atoms with Crippen molar-refractivity contribution in [1.29, 1.82) is 0 Å². The monoisotopic (exact) mass is 955 g/mol. The van der Waals surface area contributed by atoms with Crippen LogP contribution in [-0.2, 0) is 47.2 Å². The first-order chi connectivity index (χ1) is 34.5. The number of anilines is 1. The van der Waals surface area contributed by atoms with E-state index in [9.17, 15) is 29.1 Å². The van der Waals surface area contributed by atoms with Crippen molar-refractivity contribution in [2.24, 2.45) is 0 Å². The predicted octanol–water partition coefficient (Wildman–Crippen LogP) is 9.50. The summed E-state index contributed by atoms with van der Waals surface area (Å²) >= 11 is 0. The lowest BCUT2D eigenvalue weighted by atomic mass is 9.83. The van der Waals surface area contributed by atoms with Crippen LogP contribution in [0.1, 0.15) is 70.6 Å². The van der Waals surface area contributed by atoms with Crippen molar-refractivity contribution in [3.63, 3.8) is 0 Å². The van der Waals surface area contributed by atoms with Crippen LogP contribution in [0.5, 0.6) is 5.75 Å². The lowest BCUT2D eigenvalue weighted by Crippen LogP contribution is -2.68. The third-order valence-corrected chi connectivity index (χ3v) is 11.7. The van der Waals surface area contributed by atoms with Crippen molar-refractivity contribution in [2.45, 2.75) is 56.3 Å². The van der Waals surface area contributed by atoms with Crippen LogP contribution in [0, 0.1) is 0 Å². The number of esters is 4. The molecule has 1 aliphatic rings. The number of carbonyl (C=O) groups is 5. The average Bonchev–Trinajstić information content (AvgIpc) is 3.41. The molecule has 6 atom stereocenters. The van der Waals surface area contributed by atoms with Crippen molar-refractivity contribution in [2.75, 3.05) is 12.4 Å². The van der Waals surface area contributed by atoms with E-state index in [0.29, 0.717) is 11.3 Å². The van der Waals surface area contributed by atoms with Crippen LogP contribution in [0.15, 0.2) is 194 Å². The van der Waals surface area contributed by atoms with Crippen LogP contribution in [0.4, 0.5) is 10.5 Å². The molecule has 1 aliphatic heterocycles. The lowest BCUT2D eigenvalue weighted by molar-refractivity contribution is -0.360. The molecule has 0 aromatic heterocycles. The van der Waals surface area contributed by atoms with Crippen LogP contribution in [0.3, 0.4) is 0 Å². The fraction of sp³-hybridized carbons (Fsp3) is 0.175. The summed E-state index contributed by atoms with van der Waals surface area (Å²) in [7, 11) is 1.54. The fourth-order valence-electron chi connectivity index (χ4n) is 8.06. The fourth-order valence-corrected chi connectivity index (χ4v) is 8.06. The number of hydrogen-bond acceptors (Lipinski definition) is 13. The summed E-state index contributed by atoms with van der Waals surface area (Å²) in [5.74, 6) is -5.94. The Kier molecular flexibility index (Phi) is 15.6. The average molecular weight is 956 g/mol. The van der Waals surface area contributed by atoms with E-state index in [-0.39, 0.29) is 46.5 Å². The maximum absolute atomic E-state index is 14.4. The van der Waals surface area contributed by atoms with E-state index in [1.807, 2.05) is 30.3 Å². The molecule has 14 nitrogen and oxygen atoms in total. The number of nitrogens with one attached hydrogen (secondary N) is 1. The standard InChI is InChI=1S/C57H49NO13/c1-37(67-52(59)40-20-10-4-11-21-40)48-49(68-53(60)41-22-12-5-13-23-41)50(69-54(61)42-24-14-6-15-25-42)51(70-55(62)43-26-16-7-17-27-43)57(64,71-48)47-35-45(58-56(63)66-36-39-18-8-3-9-19-39)31-30-44(47)34-38-28-32-46(65-2)33-29-38/h3-33,35,37,48-51,64H,34,36H2,1-2H3,(H,58,63)/t37-,48+,49+,50-,51+,57+/m0/s1. The number of amides is 1. The Labute approximate surface area is 409 Å². The van der Waals surface area contributed by atoms with Crippen molar-refractivity contribution in [3.05, 3.63) is 239 Å². The SMILES string of the molecule is COc1ccc(Cc2ccc(NC(=O)OCc3ccccc3)cc2[C@@]2(O)O[C@H]([C@H](C)OC(=O)c3ccccc3)[C@@H](OC(=O)c3ccccc3)[C@H](OC(=O)c3ccccc3)[C@H]2OC(=O)c2ccccc2)cc1. The van der Waals surface area contributed by atoms with Gasteiger partial charge in [-0.05, 0) is 103 Å². The van der Waals surface area contributed by atoms with E-state index < -0.39 is 66.3 Å². The van der Waals surface area contributed by atoms with Crippen molar-refractivity contribution < 1.29 is 62.2 Å². The number of methoxy groups -OCH3 is 1. The largest absolute Gasteiger partial charge is 0.497 e. The molecule has 0 spiro atoms. The number of rotatable bonds is 16. The van der Waals surface area contributed by atoms with Crippen molar-refractivity contribution in [3.8, 4) is 5.75 Å². The molecule has 14 heteroatoms. The molecule has 0 aliphatic carbocycles. The molecule has 0 bridgehead atoms. The Morgan fingerprint density at radius 1 is 0.577 bits per heavy atom. The zero-order valence-electron chi connectivity index (χ0n) is 38.6. The minimum atomic E-state index is -2.88. The molecule has 8 rings (SSSR count). The van der Waals surface area contributed by atoms with Gasteiger partial charge in [0.1, 0.15) is 24.6 Å². The molecular formula is C57H49NO13. The third-order valence-electron chi connectivity index (χ3n) is 11.7. The minimum Gasteiger partial charge on any atom is -0.497 e. The van der Waals surface area contributed by atoms with Gasteiger partial charge in [-0.2, -0.15) is 0 Å². The van der Waals surface area contributed by atoms with Crippen LogP contribution < -0.4 is 10.1 Å². The van der Waals surface area contributed by atoms with Crippen molar-refractivity contribution in [1.82, 2.24) is 0 Å². The Bertz CT molecular complexity index is 2920. The van der Waals surface area contributed by atoms with Gasteiger partial charge in [-0.25, -0.2) is 24.0 Å². The first-order valence-corrected chi connectivity index (χ1v) is 22.7. The summed E-state index contributed by atoms with van der Waals surface area (Å²) in [6, 6.07) is 52.6. The molecule has 2 N–H and O–H groups in total. The Hall–Kier alpha value is -8.59. The van der Waals surface area contributed by atoms with Crippen LogP contribution in [0.25, 0.3) is 0 Å². The maximum atomic E-state index is 14.4.